The summed E-state index contributed by atoms with van der Waals surface area (Å²) >= 11 is 12.3. The zero-order chi connectivity index (χ0) is 28.7. The van der Waals surface area contributed by atoms with E-state index in [-0.39, 0.29) is 18.6 Å². The highest BCUT2D eigenvalue weighted by atomic mass is 35.5. The van der Waals surface area contributed by atoms with E-state index in [1.807, 2.05) is 6.07 Å². The number of hydrogen-bond acceptors (Lipinski definition) is 9. The summed E-state index contributed by atoms with van der Waals surface area (Å²) in [5, 5.41) is 0.858. The molecule has 13 heteroatoms. The van der Waals surface area contributed by atoms with E-state index in [9.17, 15) is 13.2 Å². The molecule has 0 aliphatic carbocycles. The predicted octanol–water partition coefficient (Wildman–Crippen LogP) is 5.78. The van der Waals surface area contributed by atoms with Gasteiger partial charge in [0.1, 0.15) is 11.6 Å². The van der Waals surface area contributed by atoms with Crippen LogP contribution in [0.2, 0.25) is 10.0 Å². The average molecular weight is 610 g/mol. The standard InChI is InChI=1S/C27H30Cl2N4O6S/c1-3-4-11-37-27(34)33-9-7-32(8-10-33)25-6-5-23(17-30-25)39-26-13-19(18-38-40(2,35)36)12-24(31-26)20-14-21(28)16-22(29)15-20/h5-6,12-17H,3-4,7-11,18H2,1-2H3. The van der Waals surface area contributed by atoms with Crippen molar-refractivity contribution in [3.63, 3.8) is 0 Å². The Morgan fingerprint density at radius 2 is 1.75 bits per heavy atom. The first-order chi connectivity index (χ1) is 19.1. The summed E-state index contributed by atoms with van der Waals surface area (Å²) in [6, 6.07) is 11.9. The average Bonchev–Trinajstić information content (AvgIpc) is 2.91. The maximum absolute atomic E-state index is 12.2. The number of hydrogen-bond donors (Lipinski definition) is 0. The second-order valence-electron chi connectivity index (χ2n) is 9.22. The summed E-state index contributed by atoms with van der Waals surface area (Å²) in [5.41, 5.74) is 1.63. The summed E-state index contributed by atoms with van der Waals surface area (Å²) in [6.07, 6.45) is 4.12. The van der Waals surface area contributed by atoms with Gasteiger partial charge in [0.2, 0.25) is 5.88 Å². The first kappa shape index (κ1) is 29.9. The monoisotopic (exact) mass is 608 g/mol. The van der Waals surface area contributed by atoms with Crippen molar-refractivity contribution >= 4 is 45.2 Å². The van der Waals surface area contributed by atoms with E-state index in [1.165, 1.54) is 0 Å². The predicted molar refractivity (Wildman–Crippen MR) is 154 cm³/mol. The molecule has 3 aromatic rings. The molecule has 1 saturated heterocycles. The third-order valence-electron chi connectivity index (χ3n) is 5.99. The smallest absolute Gasteiger partial charge is 0.409 e. The maximum Gasteiger partial charge on any atom is 0.409 e. The number of amides is 1. The van der Waals surface area contributed by atoms with Crippen LogP contribution in [-0.2, 0) is 25.6 Å². The molecule has 1 fully saturated rings. The van der Waals surface area contributed by atoms with Gasteiger partial charge in [-0.1, -0.05) is 36.5 Å². The number of piperazine rings is 1. The van der Waals surface area contributed by atoms with Crippen molar-refractivity contribution in [2.45, 2.75) is 26.4 Å². The fourth-order valence-corrected chi connectivity index (χ4v) is 4.85. The second-order valence-corrected chi connectivity index (χ2v) is 11.7. The van der Waals surface area contributed by atoms with Gasteiger partial charge in [0, 0.05) is 47.9 Å². The molecular weight excluding hydrogens is 579 g/mol. The third kappa shape index (κ3) is 8.69. The Bertz CT molecular complexity index is 1410. The highest BCUT2D eigenvalue weighted by Gasteiger charge is 2.23. The van der Waals surface area contributed by atoms with Crippen LogP contribution in [0.25, 0.3) is 11.3 Å². The molecule has 214 valence electrons. The van der Waals surface area contributed by atoms with E-state index in [0.717, 1.165) is 24.9 Å². The number of pyridine rings is 2. The molecule has 1 aliphatic rings. The Balaban J connectivity index is 1.46. The van der Waals surface area contributed by atoms with Crippen LogP contribution in [0.5, 0.6) is 11.6 Å². The zero-order valence-corrected chi connectivity index (χ0v) is 24.5. The van der Waals surface area contributed by atoms with Crippen molar-refractivity contribution in [2.24, 2.45) is 0 Å². The lowest BCUT2D eigenvalue weighted by Crippen LogP contribution is -2.49. The quantitative estimate of drug-likeness (QED) is 0.209. The normalized spacial score (nSPS) is 13.8. The van der Waals surface area contributed by atoms with E-state index >= 15 is 0 Å². The van der Waals surface area contributed by atoms with Crippen LogP contribution in [0.4, 0.5) is 10.6 Å². The molecule has 0 unspecified atom stereocenters. The number of unbranched alkanes of at least 4 members (excludes halogenated alkanes) is 1. The van der Waals surface area contributed by atoms with Crippen molar-refractivity contribution in [2.75, 3.05) is 43.9 Å². The van der Waals surface area contributed by atoms with Crippen LogP contribution in [0.15, 0.2) is 48.7 Å². The zero-order valence-electron chi connectivity index (χ0n) is 22.2. The van der Waals surface area contributed by atoms with Crippen LogP contribution in [-0.4, -0.2) is 68.4 Å². The number of nitrogens with zero attached hydrogens (tertiary/aromatic N) is 4. The maximum atomic E-state index is 12.2. The molecule has 0 spiro atoms. The molecule has 40 heavy (non-hydrogen) atoms. The summed E-state index contributed by atoms with van der Waals surface area (Å²) in [7, 11) is -3.66. The van der Waals surface area contributed by atoms with Gasteiger partial charge in [-0.2, -0.15) is 8.42 Å². The Morgan fingerprint density at radius 3 is 2.38 bits per heavy atom. The van der Waals surface area contributed by atoms with Crippen LogP contribution < -0.4 is 9.64 Å². The Kier molecular flexibility index (Phi) is 10.1. The SMILES string of the molecule is CCCCOC(=O)N1CCN(c2ccc(Oc3cc(COS(C)(=O)=O)cc(-c4cc(Cl)cc(Cl)c4)n3)cn2)CC1. The molecule has 1 amide bonds. The van der Waals surface area contributed by atoms with Gasteiger partial charge in [0.05, 0.1) is 31.4 Å². The number of anilines is 1. The number of aromatic nitrogens is 2. The van der Waals surface area contributed by atoms with Crippen molar-refractivity contribution in [3.05, 3.63) is 64.3 Å². The number of carbonyl (C=O) groups is 1. The Hall–Kier alpha value is -3.12. The molecule has 0 radical (unpaired) electrons. The minimum absolute atomic E-state index is 0.200. The van der Waals surface area contributed by atoms with Gasteiger partial charge >= 0.3 is 6.09 Å². The summed E-state index contributed by atoms with van der Waals surface area (Å²) in [5.74, 6) is 1.40. The van der Waals surface area contributed by atoms with Gasteiger partial charge in [-0.15, -0.1) is 0 Å². The minimum atomic E-state index is -3.66. The highest BCUT2D eigenvalue weighted by molar-refractivity contribution is 7.85. The van der Waals surface area contributed by atoms with Gasteiger partial charge in [-0.3, -0.25) is 4.18 Å². The van der Waals surface area contributed by atoms with Crippen LogP contribution in [0, 0.1) is 0 Å². The fourth-order valence-electron chi connectivity index (χ4n) is 3.97. The number of benzene rings is 1. The number of halogens is 2. The van der Waals surface area contributed by atoms with E-state index < -0.39 is 10.1 Å². The number of ether oxygens (including phenoxy) is 2. The van der Waals surface area contributed by atoms with Gasteiger partial charge in [0.15, 0.2) is 0 Å². The van der Waals surface area contributed by atoms with Crippen LogP contribution in [0.1, 0.15) is 25.3 Å². The van der Waals surface area contributed by atoms with Crippen molar-refractivity contribution in [1.82, 2.24) is 14.9 Å². The first-order valence-corrected chi connectivity index (χ1v) is 15.3. The van der Waals surface area contributed by atoms with Gasteiger partial charge in [0.25, 0.3) is 10.1 Å². The van der Waals surface area contributed by atoms with Crippen LogP contribution in [0.3, 0.4) is 0 Å². The Morgan fingerprint density at radius 1 is 1.02 bits per heavy atom. The number of rotatable bonds is 10. The Labute approximate surface area is 243 Å². The highest BCUT2D eigenvalue weighted by Crippen LogP contribution is 2.30. The van der Waals surface area contributed by atoms with E-state index in [4.69, 9.17) is 36.9 Å². The topological polar surface area (TPSA) is 111 Å². The van der Waals surface area contributed by atoms with E-state index in [2.05, 4.69) is 21.8 Å². The van der Waals surface area contributed by atoms with Crippen molar-refractivity contribution in [3.8, 4) is 22.9 Å². The molecule has 0 atom stereocenters. The second kappa shape index (κ2) is 13.5. The molecule has 4 rings (SSSR count). The molecule has 10 nitrogen and oxygen atoms in total. The molecule has 0 saturated carbocycles. The molecule has 2 aromatic heterocycles. The minimum Gasteiger partial charge on any atom is -0.449 e. The van der Waals surface area contributed by atoms with Crippen LogP contribution >= 0.6 is 23.2 Å². The van der Waals surface area contributed by atoms with Gasteiger partial charge in [-0.05, 0) is 48.4 Å². The summed E-state index contributed by atoms with van der Waals surface area (Å²) in [6.45, 7) is 4.65. The molecule has 0 N–H and O–H groups in total. The lowest BCUT2D eigenvalue weighted by Gasteiger charge is -2.34. The molecule has 1 aromatic carbocycles. The molecule has 3 heterocycles. The van der Waals surface area contributed by atoms with E-state index in [0.29, 0.717) is 65.4 Å². The lowest BCUT2D eigenvalue weighted by atomic mass is 10.1. The summed E-state index contributed by atoms with van der Waals surface area (Å²) < 4.78 is 39.4. The van der Waals surface area contributed by atoms with Gasteiger partial charge in [-0.25, -0.2) is 14.8 Å². The van der Waals surface area contributed by atoms with Crippen molar-refractivity contribution in [1.29, 1.82) is 0 Å². The van der Waals surface area contributed by atoms with Crippen molar-refractivity contribution < 1.29 is 26.9 Å². The third-order valence-corrected chi connectivity index (χ3v) is 6.97. The van der Waals surface area contributed by atoms with Gasteiger partial charge < -0.3 is 19.3 Å². The summed E-state index contributed by atoms with van der Waals surface area (Å²) in [4.78, 5) is 25.1. The van der Waals surface area contributed by atoms with E-state index in [1.54, 1.807) is 47.5 Å². The molecule has 1 aliphatic heterocycles. The first-order valence-electron chi connectivity index (χ1n) is 12.7. The number of carbonyl (C=O) groups excluding carboxylic acids is 1. The molecule has 0 bridgehead atoms. The fraction of sp³-hybridized carbons (Fsp3) is 0.370. The lowest BCUT2D eigenvalue weighted by molar-refractivity contribution is 0.0989. The molecular formula is C27H30Cl2N4O6S. The largest absolute Gasteiger partial charge is 0.449 e.